The van der Waals surface area contributed by atoms with Crippen LogP contribution in [-0.2, 0) is 9.47 Å². The fraction of sp³-hybridized carbons (Fsp3) is 1.00. The summed E-state index contributed by atoms with van der Waals surface area (Å²) in [4.78, 5) is 0. The molecule has 3 unspecified atom stereocenters. The van der Waals surface area contributed by atoms with Crippen molar-refractivity contribution in [3.8, 4) is 0 Å². The molecule has 1 fully saturated rings. The molecule has 0 aromatic carbocycles. The Balaban J connectivity index is 2.35. The summed E-state index contributed by atoms with van der Waals surface area (Å²) < 4.78 is 11.1. The van der Waals surface area contributed by atoms with Gasteiger partial charge in [0.2, 0.25) is 0 Å². The second-order valence-electron chi connectivity index (χ2n) is 3.66. The second-order valence-corrected chi connectivity index (χ2v) is 3.66. The maximum Gasteiger partial charge on any atom is 0.0776 e. The van der Waals surface area contributed by atoms with Crippen LogP contribution in [0.2, 0.25) is 0 Å². The molecule has 1 heterocycles. The second kappa shape index (κ2) is 5.58. The van der Waals surface area contributed by atoms with Crippen LogP contribution < -0.4 is 5.32 Å². The highest BCUT2D eigenvalue weighted by Crippen LogP contribution is 2.22. The molecule has 1 rings (SSSR count). The minimum Gasteiger partial charge on any atom is -0.380 e. The third-order valence-corrected chi connectivity index (χ3v) is 2.71. The molecule has 0 aromatic heterocycles. The Hall–Kier alpha value is -0.120. The number of likely N-dealkylation sites (N-methyl/N-ethyl adjacent to an activating group) is 1. The van der Waals surface area contributed by atoms with E-state index in [1.165, 1.54) is 6.42 Å². The molecule has 1 aliphatic heterocycles. The molecule has 0 spiro atoms. The van der Waals surface area contributed by atoms with Crippen LogP contribution in [0.25, 0.3) is 0 Å². The van der Waals surface area contributed by atoms with E-state index in [9.17, 15) is 0 Å². The number of ether oxygens (including phenoxy) is 2. The normalized spacial score (nSPS) is 30.7. The van der Waals surface area contributed by atoms with Crippen molar-refractivity contribution in [2.75, 3.05) is 26.9 Å². The predicted octanol–water partition coefficient (Wildman–Crippen LogP) is 1.04. The Morgan fingerprint density at radius 2 is 2.38 bits per heavy atom. The molecule has 0 aromatic rings. The third kappa shape index (κ3) is 2.93. The first-order chi connectivity index (χ1) is 6.29. The summed E-state index contributed by atoms with van der Waals surface area (Å²) in [5, 5.41) is 3.26. The van der Waals surface area contributed by atoms with Crippen molar-refractivity contribution in [1.82, 2.24) is 5.32 Å². The van der Waals surface area contributed by atoms with Gasteiger partial charge in [-0.1, -0.05) is 6.92 Å². The zero-order valence-corrected chi connectivity index (χ0v) is 8.88. The first-order valence-corrected chi connectivity index (χ1v) is 5.16. The Morgan fingerprint density at radius 1 is 1.62 bits per heavy atom. The molecule has 0 amide bonds. The smallest absolute Gasteiger partial charge is 0.0776 e. The van der Waals surface area contributed by atoms with E-state index in [1.54, 1.807) is 0 Å². The first-order valence-electron chi connectivity index (χ1n) is 5.16. The maximum absolute atomic E-state index is 5.67. The molecule has 0 saturated carbocycles. The topological polar surface area (TPSA) is 30.5 Å². The van der Waals surface area contributed by atoms with Gasteiger partial charge in [0.15, 0.2) is 0 Å². The predicted molar refractivity (Wildman–Crippen MR) is 52.9 cm³/mol. The summed E-state index contributed by atoms with van der Waals surface area (Å²) in [7, 11) is 1.97. The van der Waals surface area contributed by atoms with Gasteiger partial charge in [-0.05, 0) is 26.3 Å². The van der Waals surface area contributed by atoms with E-state index in [2.05, 4.69) is 12.2 Å². The van der Waals surface area contributed by atoms with Crippen LogP contribution in [0.1, 0.15) is 20.3 Å². The number of nitrogens with one attached hydrogen (secondary N) is 1. The van der Waals surface area contributed by atoms with Gasteiger partial charge < -0.3 is 14.8 Å². The molecule has 0 aliphatic carbocycles. The number of hydrogen-bond donors (Lipinski definition) is 1. The highest BCUT2D eigenvalue weighted by Gasteiger charge is 2.30. The zero-order chi connectivity index (χ0) is 9.68. The Bertz CT molecular complexity index is 141. The van der Waals surface area contributed by atoms with E-state index in [4.69, 9.17) is 9.47 Å². The number of rotatable bonds is 5. The van der Waals surface area contributed by atoms with Gasteiger partial charge in [0.1, 0.15) is 0 Å². The van der Waals surface area contributed by atoms with E-state index in [1.807, 2.05) is 14.0 Å². The van der Waals surface area contributed by atoms with Gasteiger partial charge in [-0.3, -0.25) is 0 Å². The van der Waals surface area contributed by atoms with Gasteiger partial charge in [-0.25, -0.2) is 0 Å². The SMILES string of the molecule is CCOCC(NC)C1OCCC1C. The van der Waals surface area contributed by atoms with Crippen LogP contribution in [0.5, 0.6) is 0 Å². The maximum atomic E-state index is 5.67. The van der Waals surface area contributed by atoms with Crippen LogP contribution in [-0.4, -0.2) is 39.0 Å². The van der Waals surface area contributed by atoms with Crippen LogP contribution in [0, 0.1) is 5.92 Å². The van der Waals surface area contributed by atoms with E-state index in [-0.39, 0.29) is 0 Å². The molecule has 0 radical (unpaired) electrons. The summed E-state index contributed by atoms with van der Waals surface area (Å²) >= 11 is 0. The van der Waals surface area contributed by atoms with Crippen molar-refractivity contribution in [2.45, 2.75) is 32.4 Å². The molecule has 1 aliphatic rings. The van der Waals surface area contributed by atoms with Crippen molar-refractivity contribution < 1.29 is 9.47 Å². The van der Waals surface area contributed by atoms with E-state index >= 15 is 0 Å². The lowest BCUT2D eigenvalue weighted by Gasteiger charge is -2.25. The average Bonchev–Trinajstić information content (AvgIpc) is 2.54. The quantitative estimate of drug-likeness (QED) is 0.697. The fourth-order valence-corrected chi connectivity index (χ4v) is 1.82. The van der Waals surface area contributed by atoms with Crippen molar-refractivity contribution in [3.05, 3.63) is 0 Å². The molecule has 13 heavy (non-hydrogen) atoms. The van der Waals surface area contributed by atoms with E-state index in [0.717, 1.165) is 19.8 Å². The summed E-state index contributed by atoms with van der Waals surface area (Å²) in [6, 6.07) is 0.345. The minimum atomic E-state index is 0.330. The van der Waals surface area contributed by atoms with Gasteiger partial charge in [0.05, 0.1) is 18.8 Å². The lowest BCUT2D eigenvalue weighted by atomic mass is 9.98. The highest BCUT2D eigenvalue weighted by molar-refractivity contribution is 4.83. The average molecular weight is 187 g/mol. The Morgan fingerprint density at radius 3 is 2.85 bits per heavy atom. The fourth-order valence-electron chi connectivity index (χ4n) is 1.82. The summed E-state index contributed by atoms with van der Waals surface area (Å²) in [5.74, 6) is 0.651. The summed E-state index contributed by atoms with van der Waals surface area (Å²) in [5.41, 5.74) is 0. The van der Waals surface area contributed by atoms with Gasteiger partial charge in [0, 0.05) is 13.2 Å². The van der Waals surface area contributed by atoms with Crippen molar-refractivity contribution in [1.29, 1.82) is 0 Å². The Labute approximate surface area is 80.8 Å². The van der Waals surface area contributed by atoms with Crippen LogP contribution in [0.15, 0.2) is 0 Å². The summed E-state index contributed by atoms with van der Waals surface area (Å²) in [6.07, 6.45) is 1.51. The van der Waals surface area contributed by atoms with Crippen molar-refractivity contribution in [3.63, 3.8) is 0 Å². The molecule has 1 N–H and O–H groups in total. The van der Waals surface area contributed by atoms with E-state index in [0.29, 0.717) is 18.1 Å². The lowest BCUT2D eigenvalue weighted by molar-refractivity contribution is 0.0221. The van der Waals surface area contributed by atoms with Crippen LogP contribution in [0.3, 0.4) is 0 Å². The lowest BCUT2D eigenvalue weighted by Crippen LogP contribution is -2.43. The summed E-state index contributed by atoms with van der Waals surface area (Å²) in [6.45, 7) is 6.69. The minimum absolute atomic E-state index is 0.330. The van der Waals surface area contributed by atoms with Crippen LogP contribution in [0.4, 0.5) is 0 Å². The highest BCUT2D eigenvalue weighted by atomic mass is 16.5. The van der Waals surface area contributed by atoms with Crippen molar-refractivity contribution >= 4 is 0 Å². The molecule has 0 bridgehead atoms. The van der Waals surface area contributed by atoms with Gasteiger partial charge in [-0.2, -0.15) is 0 Å². The van der Waals surface area contributed by atoms with E-state index < -0.39 is 0 Å². The molecule has 1 saturated heterocycles. The molecular weight excluding hydrogens is 166 g/mol. The van der Waals surface area contributed by atoms with Gasteiger partial charge in [-0.15, -0.1) is 0 Å². The molecule has 3 nitrogen and oxygen atoms in total. The third-order valence-electron chi connectivity index (χ3n) is 2.71. The number of hydrogen-bond acceptors (Lipinski definition) is 3. The molecule has 3 heteroatoms. The molecule has 78 valence electrons. The van der Waals surface area contributed by atoms with Gasteiger partial charge >= 0.3 is 0 Å². The van der Waals surface area contributed by atoms with Crippen LogP contribution >= 0.6 is 0 Å². The molecular formula is C10H21NO2. The standard InChI is InChI=1S/C10H21NO2/c1-4-12-7-9(11-3)10-8(2)5-6-13-10/h8-11H,4-7H2,1-3H3. The largest absolute Gasteiger partial charge is 0.380 e. The van der Waals surface area contributed by atoms with Gasteiger partial charge in [0.25, 0.3) is 0 Å². The zero-order valence-electron chi connectivity index (χ0n) is 8.88. The monoisotopic (exact) mass is 187 g/mol. The first kappa shape index (κ1) is 11.0. The van der Waals surface area contributed by atoms with Crippen molar-refractivity contribution in [2.24, 2.45) is 5.92 Å². The molecule has 3 atom stereocenters. The Kier molecular flexibility index (Phi) is 4.70.